The zero-order valence-corrected chi connectivity index (χ0v) is 13.0. The fourth-order valence-corrected chi connectivity index (χ4v) is 3.70. The van der Waals surface area contributed by atoms with Crippen LogP contribution < -0.4 is 11.2 Å². The quantitative estimate of drug-likeness (QED) is 0.691. The minimum absolute atomic E-state index is 0.00906. The second-order valence-electron chi connectivity index (χ2n) is 6.22. The van der Waals surface area contributed by atoms with Gasteiger partial charge < -0.3 is 19.7 Å². The van der Waals surface area contributed by atoms with Crippen LogP contribution in [0.2, 0.25) is 0 Å². The zero-order chi connectivity index (χ0) is 16.6. The van der Waals surface area contributed by atoms with Crippen LogP contribution in [0.25, 0.3) is 0 Å². The van der Waals surface area contributed by atoms with Crippen molar-refractivity contribution in [1.82, 2.24) is 14.9 Å². The molecule has 8 nitrogen and oxygen atoms in total. The summed E-state index contributed by atoms with van der Waals surface area (Å²) < 4.78 is 5.70. The van der Waals surface area contributed by atoms with Crippen LogP contribution in [0.4, 0.5) is 0 Å². The number of nitrogens with zero attached hydrogens (tertiary/aromatic N) is 1. The Morgan fingerprint density at radius 1 is 1.39 bits per heavy atom. The molecule has 1 saturated heterocycles. The largest absolute Gasteiger partial charge is 0.392 e. The van der Waals surface area contributed by atoms with E-state index in [0.717, 1.165) is 6.07 Å². The minimum Gasteiger partial charge on any atom is -0.392 e. The Hall–Kier alpha value is -1.93. The third-order valence-electron chi connectivity index (χ3n) is 5.08. The predicted octanol–water partition coefficient (Wildman–Crippen LogP) is -0.545. The van der Waals surface area contributed by atoms with Crippen molar-refractivity contribution in [2.45, 2.75) is 38.4 Å². The van der Waals surface area contributed by atoms with Gasteiger partial charge in [0, 0.05) is 37.6 Å². The average molecular weight is 323 g/mol. The first-order valence-electron chi connectivity index (χ1n) is 7.89. The summed E-state index contributed by atoms with van der Waals surface area (Å²) in [4.78, 5) is 41.0. The van der Waals surface area contributed by atoms with Gasteiger partial charge in [-0.05, 0) is 19.8 Å². The number of amides is 1. The molecular formula is C15H21N3O5. The summed E-state index contributed by atoms with van der Waals surface area (Å²) in [6.45, 7) is 3.47. The molecule has 1 aromatic heterocycles. The molecule has 0 radical (unpaired) electrons. The van der Waals surface area contributed by atoms with Crippen molar-refractivity contribution in [3.05, 3.63) is 32.6 Å². The van der Waals surface area contributed by atoms with Gasteiger partial charge in [0.25, 0.3) is 11.5 Å². The van der Waals surface area contributed by atoms with Crippen LogP contribution in [0.15, 0.2) is 15.7 Å². The summed E-state index contributed by atoms with van der Waals surface area (Å²) >= 11 is 0. The number of carbonyl (C=O) groups excluding carboxylic acids is 1. The first-order valence-corrected chi connectivity index (χ1v) is 7.89. The van der Waals surface area contributed by atoms with Gasteiger partial charge in [0.2, 0.25) is 0 Å². The second kappa shape index (κ2) is 5.93. The molecule has 1 amide bonds. The molecule has 1 aliphatic heterocycles. The average Bonchev–Trinajstić information content (AvgIpc) is 2.53. The third-order valence-corrected chi connectivity index (χ3v) is 5.08. The monoisotopic (exact) mass is 323 g/mol. The first kappa shape index (κ1) is 15.9. The van der Waals surface area contributed by atoms with Crippen LogP contribution in [-0.4, -0.2) is 57.8 Å². The molecule has 0 unspecified atom stereocenters. The number of rotatable bonds is 3. The van der Waals surface area contributed by atoms with Crippen LogP contribution in [-0.2, 0) is 4.74 Å². The standard InChI is InChI=1S/C15H21N3O5/c1-2-23-11-8-10(19)15(11)3-5-18(6-4-15)13(21)9-7-12(20)17-14(22)16-9/h7,10-11,19H,2-6,8H2,1H3,(H2,16,17,20,22)/t10-,11+/m0/s1. The van der Waals surface area contributed by atoms with E-state index in [0.29, 0.717) is 39.0 Å². The van der Waals surface area contributed by atoms with E-state index >= 15 is 0 Å². The fourth-order valence-electron chi connectivity index (χ4n) is 3.70. The summed E-state index contributed by atoms with van der Waals surface area (Å²) in [5.74, 6) is -0.371. The summed E-state index contributed by atoms with van der Waals surface area (Å²) in [6, 6.07) is 1.09. The van der Waals surface area contributed by atoms with Crippen LogP contribution in [0.1, 0.15) is 36.7 Å². The lowest BCUT2D eigenvalue weighted by Gasteiger charge is -2.56. The van der Waals surface area contributed by atoms with Crippen molar-refractivity contribution in [2.75, 3.05) is 19.7 Å². The van der Waals surface area contributed by atoms with Crippen molar-refractivity contribution >= 4 is 5.91 Å². The van der Waals surface area contributed by atoms with Crippen molar-refractivity contribution in [2.24, 2.45) is 5.41 Å². The fraction of sp³-hybridized carbons (Fsp3) is 0.667. The number of hydrogen-bond donors (Lipinski definition) is 3. The van der Waals surface area contributed by atoms with Gasteiger partial charge in [0.05, 0.1) is 12.2 Å². The second-order valence-corrected chi connectivity index (χ2v) is 6.22. The lowest BCUT2D eigenvalue weighted by molar-refractivity contribution is -0.207. The van der Waals surface area contributed by atoms with Crippen molar-refractivity contribution in [1.29, 1.82) is 0 Å². The summed E-state index contributed by atoms with van der Waals surface area (Å²) in [5.41, 5.74) is -1.57. The molecule has 2 fully saturated rings. The molecule has 8 heteroatoms. The van der Waals surface area contributed by atoms with Crippen molar-refractivity contribution in [3.63, 3.8) is 0 Å². The van der Waals surface area contributed by atoms with E-state index in [1.54, 1.807) is 4.90 Å². The Labute approximate surface area is 132 Å². The molecule has 3 rings (SSSR count). The highest BCUT2D eigenvalue weighted by molar-refractivity contribution is 5.92. The molecule has 2 atom stereocenters. The van der Waals surface area contributed by atoms with Crippen LogP contribution in [0.5, 0.6) is 0 Å². The molecule has 1 saturated carbocycles. The number of likely N-dealkylation sites (tertiary alicyclic amines) is 1. The number of hydrogen-bond acceptors (Lipinski definition) is 5. The van der Waals surface area contributed by atoms with Gasteiger partial charge in [-0.3, -0.25) is 14.6 Å². The van der Waals surface area contributed by atoms with E-state index < -0.39 is 17.4 Å². The number of ether oxygens (including phenoxy) is 1. The molecule has 0 bridgehead atoms. The number of H-pyrrole nitrogens is 2. The van der Waals surface area contributed by atoms with Gasteiger partial charge in [0.15, 0.2) is 0 Å². The van der Waals surface area contributed by atoms with Crippen LogP contribution in [0.3, 0.4) is 0 Å². The number of aliphatic hydroxyl groups excluding tert-OH is 1. The highest BCUT2D eigenvalue weighted by Gasteiger charge is 2.56. The highest BCUT2D eigenvalue weighted by Crippen LogP contribution is 2.50. The topological polar surface area (TPSA) is 115 Å². The van der Waals surface area contributed by atoms with Gasteiger partial charge in [-0.1, -0.05) is 0 Å². The number of carbonyl (C=O) groups is 1. The van der Waals surface area contributed by atoms with Gasteiger partial charge >= 0.3 is 5.69 Å². The number of aromatic nitrogens is 2. The van der Waals surface area contributed by atoms with Crippen LogP contribution >= 0.6 is 0 Å². The molecule has 1 aromatic rings. The van der Waals surface area contributed by atoms with Gasteiger partial charge in [-0.25, -0.2) is 4.79 Å². The Kier molecular flexibility index (Phi) is 4.11. The highest BCUT2D eigenvalue weighted by atomic mass is 16.5. The molecular weight excluding hydrogens is 302 g/mol. The number of piperidine rings is 1. The number of aromatic amines is 2. The maximum atomic E-state index is 12.4. The van der Waals surface area contributed by atoms with Gasteiger partial charge in [-0.2, -0.15) is 0 Å². The Balaban J connectivity index is 1.70. The molecule has 1 spiro atoms. The Morgan fingerprint density at radius 2 is 2.09 bits per heavy atom. The minimum atomic E-state index is -0.694. The lowest BCUT2D eigenvalue weighted by atomic mass is 9.58. The molecule has 0 aromatic carbocycles. The van der Waals surface area contributed by atoms with E-state index in [1.807, 2.05) is 11.9 Å². The maximum absolute atomic E-state index is 12.4. The Bertz CT molecular complexity index is 671. The lowest BCUT2D eigenvalue weighted by Crippen LogP contribution is -2.62. The SMILES string of the molecule is CCO[C@@H]1C[C@H](O)C12CCN(C(=O)c1cc(=O)[nH]c(=O)[nH]1)CC2. The normalized spacial score (nSPS) is 26.1. The molecule has 126 valence electrons. The molecule has 1 aliphatic carbocycles. The molecule has 3 N–H and O–H groups in total. The number of aliphatic hydroxyl groups is 1. The molecule has 23 heavy (non-hydrogen) atoms. The van der Waals surface area contributed by atoms with E-state index in [9.17, 15) is 19.5 Å². The van der Waals surface area contributed by atoms with E-state index in [4.69, 9.17) is 4.74 Å². The Morgan fingerprint density at radius 3 is 2.65 bits per heavy atom. The molecule has 2 heterocycles. The predicted molar refractivity (Wildman–Crippen MR) is 81.3 cm³/mol. The summed E-state index contributed by atoms with van der Waals surface area (Å²) in [6.07, 6.45) is 1.59. The third kappa shape index (κ3) is 2.72. The smallest absolute Gasteiger partial charge is 0.326 e. The zero-order valence-electron chi connectivity index (χ0n) is 13.0. The van der Waals surface area contributed by atoms with E-state index in [2.05, 4.69) is 4.98 Å². The van der Waals surface area contributed by atoms with E-state index in [1.165, 1.54) is 0 Å². The number of nitrogens with one attached hydrogen (secondary N) is 2. The summed E-state index contributed by atoms with van der Waals surface area (Å²) in [5, 5.41) is 10.2. The van der Waals surface area contributed by atoms with E-state index in [-0.39, 0.29) is 23.1 Å². The van der Waals surface area contributed by atoms with Gasteiger partial charge in [-0.15, -0.1) is 0 Å². The maximum Gasteiger partial charge on any atom is 0.326 e. The first-order chi connectivity index (χ1) is 11.0. The van der Waals surface area contributed by atoms with Crippen molar-refractivity contribution < 1.29 is 14.6 Å². The van der Waals surface area contributed by atoms with Gasteiger partial charge in [0.1, 0.15) is 5.69 Å². The summed E-state index contributed by atoms with van der Waals surface area (Å²) in [7, 11) is 0. The molecule has 2 aliphatic rings. The van der Waals surface area contributed by atoms with Crippen molar-refractivity contribution in [3.8, 4) is 0 Å². The van der Waals surface area contributed by atoms with Crippen LogP contribution in [0, 0.1) is 5.41 Å².